The molecular weight excluding hydrogens is 425 g/mol. The SMILES string of the molecule is C=P(C)(C)CCC1CC(C)C(O)C1O.[B]C1CC(CCP(=C)(C)C)C2OC(C)(C)OC12. The van der Waals surface area contributed by atoms with Crippen molar-refractivity contribution in [1.82, 2.24) is 0 Å². The molecule has 0 aromatic heterocycles. The van der Waals surface area contributed by atoms with Gasteiger partial charge in [0.25, 0.3) is 0 Å². The molecule has 31 heavy (non-hydrogen) atoms. The molecule has 3 aliphatic rings. The maximum atomic E-state index is 9.77. The van der Waals surface area contributed by atoms with Crippen LogP contribution in [0.5, 0.6) is 0 Å². The maximum Gasteiger partial charge on any atom is 0.163 e. The molecule has 2 N–H and O–H groups in total. The van der Waals surface area contributed by atoms with E-state index >= 15 is 0 Å². The average molecular weight is 472 g/mol. The molecule has 0 spiro atoms. The lowest BCUT2D eigenvalue weighted by Crippen LogP contribution is -2.27. The number of aliphatic hydroxyl groups excluding tert-OH is 2. The fourth-order valence-electron chi connectivity index (χ4n) is 5.10. The third-order valence-corrected chi connectivity index (χ3v) is 9.86. The predicted octanol–water partition coefficient (Wildman–Crippen LogP) is 4.05. The largest absolute Gasteiger partial charge is 0.390 e. The molecule has 0 aromatic carbocycles. The zero-order chi connectivity index (χ0) is 23.8. The van der Waals surface area contributed by atoms with Crippen molar-refractivity contribution in [2.75, 3.05) is 39.0 Å². The number of hydrogen-bond donors (Lipinski definition) is 2. The van der Waals surface area contributed by atoms with Gasteiger partial charge in [0.1, 0.15) is 0 Å². The number of hydrogen-bond acceptors (Lipinski definition) is 4. The van der Waals surface area contributed by atoms with Crippen LogP contribution < -0.4 is 0 Å². The number of aliphatic hydroxyl groups is 2. The van der Waals surface area contributed by atoms with E-state index in [1.807, 2.05) is 20.8 Å². The van der Waals surface area contributed by atoms with Crippen LogP contribution in [-0.2, 0) is 9.47 Å². The molecule has 0 amide bonds. The van der Waals surface area contributed by atoms with E-state index in [4.69, 9.17) is 17.3 Å². The summed E-state index contributed by atoms with van der Waals surface area (Å²) in [5, 5.41) is 19.4. The average Bonchev–Trinajstić information content (AvgIpc) is 3.16. The highest BCUT2D eigenvalue weighted by molar-refractivity contribution is 7.72. The van der Waals surface area contributed by atoms with E-state index in [0.29, 0.717) is 11.8 Å². The molecule has 8 atom stereocenters. The lowest BCUT2D eigenvalue weighted by molar-refractivity contribution is -0.156. The second kappa shape index (κ2) is 10.4. The first-order valence-electron chi connectivity index (χ1n) is 11.8. The zero-order valence-electron chi connectivity index (χ0n) is 21.0. The highest BCUT2D eigenvalue weighted by atomic mass is 31.2. The van der Waals surface area contributed by atoms with Gasteiger partial charge < -0.3 is 19.7 Å². The standard InChI is InChI=1S/C13H24BO2P.C11H23O2P/c1-13(2)15-11-9(6-7-17(3,4)5)8-10(14)12(11)16-13;1-8-7-9(11(13)10(8)12)5-6-14(2,3)4/h9-12H,3,6-8H2,1-2,4-5H3;8-13H,2,5-7H2,1,3-4H3. The Bertz CT molecular complexity index is 685. The summed E-state index contributed by atoms with van der Waals surface area (Å²) in [7, 11) is 6.16. The molecule has 0 bridgehead atoms. The molecule has 3 rings (SSSR count). The van der Waals surface area contributed by atoms with E-state index in [1.165, 1.54) is 12.6 Å². The molecule has 3 fully saturated rings. The minimum absolute atomic E-state index is 0.0984. The van der Waals surface area contributed by atoms with Gasteiger partial charge >= 0.3 is 0 Å². The summed E-state index contributed by atoms with van der Waals surface area (Å²) in [6.45, 7) is 13.1. The van der Waals surface area contributed by atoms with Crippen LogP contribution in [0.25, 0.3) is 0 Å². The Hall–Kier alpha value is 0.505. The van der Waals surface area contributed by atoms with Crippen LogP contribution in [0.15, 0.2) is 0 Å². The highest BCUT2D eigenvalue weighted by Gasteiger charge is 2.51. The fourth-order valence-corrected chi connectivity index (χ4v) is 7.17. The fraction of sp³-hybridized carbons (Fsp3) is 0.917. The van der Waals surface area contributed by atoms with Crippen LogP contribution in [0.2, 0.25) is 5.82 Å². The third kappa shape index (κ3) is 8.34. The van der Waals surface area contributed by atoms with Gasteiger partial charge in [-0.05, 0) is 95.7 Å². The molecule has 1 saturated heterocycles. The Morgan fingerprint density at radius 1 is 0.871 bits per heavy atom. The van der Waals surface area contributed by atoms with Crippen molar-refractivity contribution in [2.24, 2.45) is 17.8 Å². The number of rotatable bonds is 6. The van der Waals surface area contributed by atoms with E-state index in [1.54, 1.807) is 0 Å². The lowest BCUT2D eigenvalue weighted by atomic mass is 9.83. The van der Waals surface area contributed by atoms with E-state index in [-0.39, 0.29) is 23.9 Å². The molecule has 180 valence electrons. The van der Waals surface area contributed by atoms with Crippen molar-refractivity contribution in [3.05, 3.63) is 0 Å². The number of ether oxygens (including phenoxy) is 2. The first kappa shape index (κ1) is 27.7. The van der Waals surface area contributed by atoms with E-state index in [2.05, 4.69) is 39.3 Å². The van der Waals surface area contributed by atoms with Crippen LogP contribution in [0.3, 0.4) is 0 Å². The second-order valence-corrected chi connectivity index (χ2v) is 20.7. The van der Waals surface area contributed by atoms with Crippen LogP contribution in [-0.4, -0.2) is 99.8 Å². The van der Waals surface area contributed by atoms with Crippen molar-refractivity contribution in [3.8, 4) is 0 Å². The summed E-state index contributed by atoms with van der Waals surface area (Å²) >= 11 is 0. The normalized spacial score (nSPS) is 39.8. The first-order valence-corrected chi connectivity index (χ1v) is 17.9. The van der Waals surface area contributed by atoms with Crippen LogP contribution in [0, 0.1) is 17.8 Å². The zero-order valence-corrected chi connectivity index (χ0v) is 22.7. The lowest BCUT2D eigenvalue weighted by Gasteiger charge is -2.24. The van der Waals surface area contributed by atoms with Crippen LogP contribution >= 0.6 is 13.8 Å². The quantitative estimate of drug-likeness (QED) is 0.453. The summed E-state index contributed by atoms with van der Waals surface area (Å²) in [5.74, 6) is 0.777. The topological polar surface area (TPSA) is 58.9 Å². The minimum atomic E-state index is -0.977. The monoisotopic (exact) mass is 472 g/mol. The van der Waals surface area contributed by atoms with Gasteiger partial charge in [0, 0.05) is 0 Å². The Labute approximate surface area is 193 Å². The summed E-state index contributed by atoms with van der Waals surface area (Å²) in [4.78, 5) is 0. The Balaban J connectivity index is 0.000000225. The van der Waals surface area contributed by atoms with Gasteiger partial charge in [-0.3, -0.25) is 0 Å². The van der Waals surface area contributed by atoms with Gasteiger partial charge in [0.2, 0.25) is 0 Å². The molecule has 4 nitrogen and oxygen atoms in total. The van der Waals surface area contributed by atoms with Gasteiger partial charge in [-0.15, -0.1) is 26.4 Å². The van der Waals surface area contributed by atoms with E-state index < -0.39 is 31.8 Å². The van der Waals surface area contributed by atoms with Crippen LogP contribution in [0.1, 0.15) is 46.5 Å². The molecule has 1 heterocycles. The molecular formula is C24H47BO4P2. The van der Waals surface area contributed by atoms with Crippen molar-refractivity contribution in [3.63, 3.8) is 0 Å². The summed E-state index contributed by atoms with van der Waals surface area (Å²) < 4.78 is 11.9. The third-order valence-electron chi connectivity index (χ3n) is 6.93. The second-order valence-electron chi connectivity index (χ2n) is 12.1. The highest BCUT2D eigenvalue weighted by Crippen LogP contribution is 2.49. The summed E-state index contributed by atoms with van der Waals surface area (Å²) in [6, 6.07) is 0. The maximum absolute atomic E-state index is 9.77. The predicted molar refractivity (Wildman–Crippen MR) is 141 cm³/mol. The summed E-state index contributed by atoms with van der Waals surface area (Å²) in [5.41, 5.74) is 0. The smallest absolute Gasteiger partial charge is 0.163 e. The van der Waals surface area contributed by atoms with Crippen molar-refractivity contribution < 1.29 is 19.7 Å². The van der Waals surface area contributed by atoms with Gasteiger partial charge in [0.15, 0.2) is 5.79 Å². The van der Waals surface area contributed by atoms with Crippen molar-refractivity contribution >= 4 is 34.2 Å². The first-order chi connectivity index (χ1) is 14.0. The molecule has 2 aliphatic carbocycles. The molecule has 2 saturated carbocycles. The van der Waals surface area contributed by atoms with Gasteiger partial charge in [0.05, 0.1) is 32.3 Å². The Kier molecular flexibility index (Phi) is 9.32. The van der Waals surface area contributed by atoms with E-state index in [9.17, 15) is 10.2 Å². The molecule has 1 aliphatic heterocycles. The number of fused-ring (bicyclic) bond motifs is 1. The minimum Gasteiger partial charge on any atom is -0.390 e. The Morgan fingerprint density at radius 3 is 1.81 bits per heavy atom. The van der Waals surface area contributed by atoms with Crippen molar-refractivity contribution in [2.45, 2.75) is 82.5 Å². The van der Waals surface area contributed by atoms with Crippen LogP contribution in [0.4, 0.5) is 0 Å². The molecule has 2 radical (unpaired) electrons. The summed E-state index contributed by atoms with van der Waals surface area (Å²) in [6.07, 6.45) is 14.3. The Morgan fingerprint density at radius 2 is 1.35 bits per heavy atom. The van der Waals surface area contributed by atoms with Gasteiger partial charge in [-0.25, -0.2) is 0 Å². The van der Waals surface area contributed by atoms with Gasteiger partial charge in [-0.2, -0.15) is 0 Å². The van der Waals surface area contributed by atoms with Gasteiger partial charge in [-0.1, -0.05) is 13.3 Å². The molecule has 0 aromatic rings. The molecule has 7 heteroatoms. The van der Waals surface area contributed by atoms with Crippen molar-refractivity contribution in [1.29, 1.82) is 0 Å². The molecule has 8 unspecified atom stereocenters. The van der Waals surface area contributed by atoms with E-state index in [0.717, 1.165) is 25.4 Å².